The van der Waals surface area contributed by atoms with Crippen molar-refractivity contribution < 1.29 is 0 Å². The molecule has 0 bridgehead atoms. The van der Waals surface area contributed by atoms with Crippen molar-refractivity contribution in [2.45, 2.75) is 45.2 Å². The summed E-state index contributed by atoms with van der Waals surface area (Å²) in [5, 5.41) is 3.50. The summed E-state index contributed by atoms with van der Waals surface area (Å²) in [7, 11) is -1.42. The number of fused-ring (bicyclic) bond motifs is 5. The minimum atomic E-state index is -1.42. The topological polar surface area (TPSA) is 0 Å². The molecule has 20 heavy (non-hydrogen) atoms. The third-order valence-electron chi connectivity index (χ3n) is 5.38. The maximum atomic E-state index is 2.52. The molecule has 2 aliphatic heterocycles. The molecule has 2 aromatic rings. The van der Waals surface area contributed by atoms with E-state index in [0.29, 0.717) is 0 Å². The Balaban J connectivity index is 2.03. The molecule has 0 atom stereocenters. The lowest BCUT2D eigenvalue weighted by Gasteiger charge is -2.33. The van der Waals surface area contributed by atoms with Gasteiger partial charge < -0.3 is 0 Å². The van der Waals surface area contributed by atoms with Gasteiger partial charge >= 0.3 is 0 Å². The summed E-state index contributed by atoms with van der Waals surface area (Å²) in [5.74, 6) is 0. The molecule has 0 nitrogen and oxygen atoms in total. The first-order chi connectivity index (χ1) is 9.71. The molecule has 4 rings (SSSR count). The average molecular weight is 278 g/mol. The molecule has 0 unspecified atom stereocenters. The molecule has 0 amide bonds. The zero-order chi connectivity index (χ0) is 13.7. The molecule has 0 saturated carbocycles. The molecule has 0 aliphatic carbocycles. The van der Waals surface area contributed by atoms with Crippen molar-refractivity contribution in [1.82, 2.24) is 0 Å². The number of benzene rings is 2. The van der Waals surface area contributed by atoms with E-state index in [-0.39, 0.29) is 0 Å². The van der Waals surface area contributed by atoms with Crippen LogP contribution < -0.4 is 10.4 Å². The van der Waals surface area contributed by atoms with Gasteiger partial charge in [0, 0.05) is 0 Å². The molecular formula is C19H22Si. The lowest BCUT2D eigenvalue weighted by molar-refractivity contribution is 0.721. The van der Waals surface area contributed by atoms with E-state index in [2.05, 4.69) is 50.2 Å². The van der Waals surface area contributed by atoms with Crippen LogP contribution in [-0.4, -0.2) is 8.07 Å². The van der Waals surface area contributed by atoms with Gasteiger partial charge in [0.15, 0.2) is 0 Å². The fraction of sp³-hybridized carbons (Fsp3) is 0.368. The van der Waals surface area contributed by atoms with E-state index < -0.39 is 8.07 Å². The predicted molar refractivity (Wildman–Crippen MR) is 89.8 cm³/mol. The van der Waals surface area contributed by atoms with Crippen molar-refractivity contribution in [1.29, 1.82) is 0 Å². The quantitative estimate of drug-likeness (QED) is 0.638. The van der Waals surface area contributed by atoms with E-state index in [1.807, 2.05) is 0 Å². The van der Waals surface area contributed by atoms with E-state index >= 15 is 0 Å². The lowest BCUT2D eigenvalue weighted by atomic mass is 10.0. The largest absolute Gasteiger partial charge is 0.119 e. The van der Waals surface area contributed by atoms with Crippen molar-refractivity contribution in [2.24, 2.45) is 0 Å². The summed E-state index contributed by atoms with van der Waals surface area (Å²) in [6.07, 6.45) is 4.32. The Morgan fingerprint density at radius 2 is 1.20 bits per heavy atom. The second kappa shape index (κ2) is 4.32. The van der Waals surface area contributed by atoms with Crippen molar-refractivity contribution >= 4 is 18.4 Å². The van der Waals surface area contributed by atoms with E-state index in [1.54, 1.807) is 21.5 Å². The lowest BCUT2D eigenvalue weighted by Crippen LogP contribution is -2.56. The first-order valence-corrected chi connectivity index (χ1v) is 10.3. The highest BCUT2D eigenvalue weighted by Crippen LogP contribution is 2.38. The zero-order valence-electron chi connectivity index (χ0n) is 12.5. The van der Waals surface area contributed by atoms with Crippen LogP contribution in [0.3, 0.4) is 0 Å². The van der Waals surface area contributed by atoms with Gasteiger partial charge in [0.2, 0.25) is 0 Å². The summed E-state index contributed by atoms with van der Waals surface area (Å²) >= 11 is 0. The molecule has 0 N–H and O–H groups in total. The molecular weight excluding hydrogens is 256 g/mol. The summed E-state index contributed by atoms with van der Waals surface area (Å²) in [6, 6.07) is 17.3. The van der Waals surface area contributed by atoms with Crippen LogP contribution in [0.25, 0.3) is 11.1 Å². The van der Waals surface area contributed by atoms with Crippen LogP contribution in [0.1, 0.15) is 30.4 Å². The average Bonchev–Trinajstić information content (AvgIpc) is 2.70. The minimum absolute atomic E-state index is 1.42. The van der Waals surface area contributed by atoms with Crippen molar-refractivity contribution in [3.8, 4) is 11.1 Å². The second-order valence-corrected chi connectivity index (χ2v) is 11.0. The molecule has 1 heteroatoms. The van der Waals surface area contributed by atoms with Crippen LogP contribution in [0.2, 0.25) is 12.1 Å². The van der Waals surface area contributed by atoms with Crippen LogP contribution in [0.4, 0.5) is 0 Å². The highest BCUT2D eigenvalue weighted by molar-refractivity contribution is 7.05. The summed E-state index contributed by atoms with van der Waals surface area (Å²) in [5.41, 5.74) is 5.98. The summed E-state index contributed by atoms with van der Waals surface area (Å²) in [6.45, 7) is 4.50. The highest BCUT2D eigenvalue weighted by Gasteiger charge is 2.45. The Morgan fingerprint density at radius 3 is 1.70 bits per heavy atom. The fourth-order valence-corrected chi connectivity index (χ4v) is 10.2. The molecule has 2 aromatic carbocycles. The third-order valence-corrected chi connectivity index (χ3v) is 10.7. The number of hydrogen-bond donors (Lipinski definition) is 0. The van der Waals surface area contributed by atoms with Crippen LogP contribution in [0.15, 0.2) is 36.4 Å². The first kappa shape index (κ1) is 12.4. The molecule has 0 aromatic heterocycles. The van der Waals surface area contributed by atoms with Crippen LogP contribution in [0, 0.1) is 13.8 Å². The van der Waals surface area contributed by atoms with E-state index in [4.69, 9.17) is 0 Å². The molecule has 0 radical (unpaired) electrons. The van der Waals surface area contributed by atoms with Gasteiger partial charge in [-0.2, -0.15) is 0 Å². The van der Waals surface area contributed by atoms with E-state index in [0.717, 1.165) is 0 Å². The van der Waals surface area contributed by atoms with Crippen LogP contribution >= 0.6 is 0 Å². The van der Waals surface area contributed by atoms with Gasteiger partial charge in [-0.3, -0.25) is 0 Å². The Morgan fingerprint density at radius 1 is 0.700 bits per heavy atom. The highest BCUT2D eigenvalue weighted by atomic mass is 28.3. The zero-order valence-corrected chi connectivity index (χ0v) is 13.5. The monoisotopic (exact) mass is 278 g/mol. The minimum Gasteiger partial charge on any atom is -0.0590 e. The molecule has 102 valence electrons. The van der Waals surface area contributed by atoms with Gasteiger partial charge in [-0.25, -0.2) is 0 Å². The Bertz CT molecular complexity index is 625. The van der Waals surface area contributed by atoms with Crippen molar-refractivity contribution in [3.63, 3.8) is 0 Å². The number of hydrogen-bond acceptors (Lipinski definition) is 0. The summed E-state index contributed by atoms with van der Waals surface area (Å²) < 4.78 is 0. The van der Waals surface area contributed by atoms with Crippen molar-refractivity contribution in [2.75, 3.05) is 0 Å². The normalized spacial score (nSPS) is 18.9. The molecule has 2 heterocycles. The third kappa shape index (κ3) is 1.59. The molecule has 1 fully saturated rings. The molecule has 2 aliphatic rings. The second-order valence-electron chi connectivity index (χ2n) is 6.74. The first-order valence-electron chi connectivity index (χ1n) is 7.93. The van der Waals surface area contributed by atoms with Gasteiger partial charge in [0.1, 0.15) is 8.07 Å². The number of aryl methyl sites for hydroxylation is 2. The van der Waals surface area contributed by atoms with E-state index in [1.165, 1.54) is 42.5 Å². The van der Waals surface area contributed by atoms with Gasteiger partial charge in [-0.1, -0.05) is 66.8 Å². The maximum absolute atomic E-state index is 2.52. The summed E-state index contributed by atoms with van der Waals surface area (Å²) in [4.78, 5) is 0. The van der Waals surface area contributed by atoms with E-state index in [9.17, 15) is 0 Å². The van der Waals surface area contributed by atoms with Crippen molar-refractivity contribution in [3.05, 3.63) is 47.5 Å². The predicted octanol–water partition coefficient (Wildman–Crippen LogP) is 4.03. The van der Waals surface area contributed by atoms with Gasteiger partial charge in [0.25, 0.3) is 0 Å². The fourth-order valence-electron chi connectivity index (χ4n) is 4.42. The molecule has 1 saturated heterocycles. The Kier molecular flexibility index (Phi) is 2.68. The number of rotatable bonds is 0. The van der Waals surface area contributed by atoms with Gasteiger partial charge in [0.05, 0.1) is 0 Å². The van der Waals surface area contributed by atoms with Gasteiger partial charge in [-0.15, -0.1) is 0 Å². The maximum Gasteiger partial charge on any atom is 0.119 e. The van der Waals surface area contributed by atoms with Gasteiger partial charge in [-0.05, 0) is 47.4 Å². The smallest absolute Gasteiger partial charge is 0.0590 e. The Labute approximate surface area is 122 Å². The van der Waals surface area contributed by atoms with Crippen LogP contribution in [-0.2, 0) is 0 Å². The standard InChI is InChI=1S/C19H22Si/c1-14-6-8-16-17-9-7-15(2)13-19(17)20(18(16)12-14)10-4-3-5-11-20/h6-9,12-13H,3-5,10-11H2,1-2H3. The SMILES string of the molecule is Cc1ccc2c(c1)[Si]1(CCCCC1)c1cc(C)ccc1-2. The Hall–Kier alpha value is -1.34. The molecule has 1 spiro atoms. The van der Waals surface area contributed by atoms with Crippen LogP contribution in [0.5, 0.6) is 0 Å².